The second kappa shape index (κ2) is 8.02. The lowest BCUT2D eigenvalue weighted by Gasteiger charge is -2.25. The molecule has 1 amide bonds. The van der Waals surface area contributed by atoms with E-state index in [4.69, 9.17) is 4.42 Å². The predicted molar refractivity (Wildman–Crippen MR) is 96.1 cm³/mol. The summed E-state index contributed by atoms with van der Waals surface area (Å²) in [6.07, 6.45) is -1.25. The fourth-order valence-corrected chi connectivity index (χ4v) is 2.78. The van der Waals surface area contributed by atoms with Crippen molar-refractivity contribution in [1.29, 1.82) is 0 Å². The highest BCUT2D eigenvalue weighted by molar-refractivity contribution is 5.98. The van der Waals surface area contributed by atoms with E-state index < -0.39 is 29.0 Å². The van der Waals surface area contributed by atoms with Crippen molar-refractivity contribution in [2.75, 3.05) is 19.7 Å². The first kappa shape index (κ1) is 21.4. The number of aromatic nitrogens is 2. The number of amides is 1. The molecule has 152 valence electrons. The Kier molecular flexibility index (Phi) is 6.36. The monoisotopic (exact) mass is 384 g/mol. The summed E-state index contributed by atoms with van der Waals surface area (Å²) in [5.41, 5.74) is -0.930. The number of ketones is 1. The minimum absolute atomic E-state index is 0.0760. The van der Waals surface area contributed by atoms with Crippen molar-refractivity contribution in [3.8, 4) is 0 Å². The van der Waals surface area contributed by atoms with Crippen LogP contribution in [0.15, 0.2) is 4.42 Å². The number of rotatable bonds is 7. The molecule has 1 fully saturated rings. The van der Waals surface area contributed by atoms with Crippen LogP contribution < -0.4 is 5.32 Å². The summed E-state index contributed by atoms with van der Waals surface area (Å²) < 4.78 is 19.4. The zero-order valence-electron chi connectivity index (χ0n) is 16.6. The molecule has 0 aromatic carbocycles. The number of hydrogen-bond acceptors (Lipinski definition) is 7. The third kappa shape index (κ3) is 5.32. The Bertz CT molecular complexity index is 683. The van der Waals surface area contributed by atoms with Gasteiger partial charge in [-0.3, -0.25) is 9.59 Å². The molecule has 0 spiro atoms. The third-order valence-electron chi connectivity index (χ3n) is 4.49. The van der Waals surface area contributed by atoms with Crippen LogP contribution in [0.5, 0.6) is 0 Å². The van der Waals surface area contributed by atoms with Crippen molar-refractivity contribution in [3.63, 3.8) is 0 Å². The number of carbonyl (C=O) groups excluding carboxylic acids is 2. The van der Waals surface area contributed by atoms with E-state index in [-0.39, 0.29) is 37.8 Å². The molecule has 27 heavy (non-hydrogen) atoms. The zero-order chi connectivity index (χ0) is 20.4. The summed E-state index contributed by atoms with van der Waals surface area (Å²) in [7, 11) is 0. The number of halogens is 1. The number of nitrogens with zero attached hydrogens (tertiary/aromatic N) is 3. The molecule has 1 aliphatic heterocycles. The third-order valence-corrected chi connectivity index (χ3v) is 4.49. The molecule has 0 aliphatic carbocycles. The molecule has 9 heteroatoms. The summed E-state index contributed by atoms with van der Waals surface area (Å²) in [6, 6.07) is -0.938. The number of likely N-dealkylation sites (tertiary alicyclic amines) is 1. The molecule has 2 N–H and O–H groups in total. The van der Waals surface area contributed by atoms with E-state index in [0.717, 1.165) is 0 Å². The summed E-state index contributed by atoms with van der Waals surface area (Å²) >= 11 is 0. The Labute approximate surface area is 158 Å². The van der Waals surface area contributed by atoms with Crippen molar-refractivity contribution in [3.05, 3.63) is 11.8 Å². The topological polar surface area (TPSA) is 109 Å². The van der Waals surface area contributed by atoms with E-state index in [1.54, 1.807) is 13.8 Å². The van der Waals surface area contributed by atoms with Crippen LogP contribution in [0.1, 0.15) is 64.0 Å². The van der Waals surface area contributed by atoms with Crippen LogP contribution in [-0.4, -0.2) is 69.3 Å². The molecule has 2 heterocycles. The van der Waals surface area contributed by atoms with Crippen LogP contribution in [0.2, 0.25) is 0 Å². The van der Waals surface area contributed by atoms with Gasteiger partial charge in [0.15, 0.2) is 0 Å². The van der Waals surface area contributed by atoms with Crippen LogP contribution in [0.25, 0.3) is 0 Å². The fraction of sp³-hybridized carbons (Fsp3) is 0.778. The molecule has 8 nitrogen and oxygen atoms in total. The van der Waals surface area contributed by atoms with Gasteiger partial charge in [-0.15, -0.1) is 10.2 Å². The van der Waals surface area contributed by atoms with E-state index in [1.165, 1.54) is 4.90 Å². The number of alkyl halides is 1. The van der Waals surface area contributed by atoms with Gasteiger partial charge in [-0.2, -0.15) is 0 Å². The average molecular weight is 384 g/mol. The fourth-order valence-electron chi connectivity index (χ4n) is 2.78. The SMILES string of the molecule is CC(C)(CO)NCCC(=O)N1C[C@@H](F)CC1C(=O)c1nnc(C(C)(C)C)o1. The van der Waals surface area contributed by atoms with Gasteiger partial charge < -0.3 is 19.7 Å². The molecule has 1 aliphatic rings. The molecule has 0 bridgehead atoms. The summed E-state index contributed by atoms with van der Waals surface area (Å²) in [5.74, 6) is -0.745. The summed E-state index contributed by atoms with van der Waals surface area (Å²) in [5, 5.41) is 20.0. The zero-order valence-corrected chi connectivity index (χ0v) is 16.6. The Morgan fingerprint density at radius 1 is 1.30 bits per heavy atom. The molecular weight excluding hydrogens is 355 g/mol. The first-order chi connectivity index (χ1) is 12.4. The Morgan fingerprint density at radius 3 is 2.52 bits per heavy atom. The smallest absolute Gasteiger partial charge is 0.286 e. The number of Topliss-reactive ketones (excluding diaryl/α,β-unsaturated/α-hetero) is 1. The van der Waals surface area contributed by atoms with Crippen molar-refractivity contribution >= 4 is 11.7 Å². The molecule has 0 radical (unpaired) electrons. The van der Waals surface area contributed by atoms with Gasteiger partial charge in [0.25, 0.3) is 5.89 Å². The van der Waals surface area contributed by atoms with Gasteiger partial charge in [0.05, 0.1) is 13.2 Å². The number of carbonyl (C=O) groups is 2. The van der Waals surface area contributed by atoms with Crippen molar-refractivity contribution in [2.45, 2.75) is 70.6 Å². The summed E-state index contributed by atoms with van der Waals surface area (Å²) in [6.45, 7) is 9.34. The van der Waals surface area contributed by atoms with Crippen LogP contribution in [-0.2, 0) is 10.2 Å². The van der Waals surface area contributed by atoms with E-state index in [9.17, 15) is 19.1 Å². The quantitative estimate of drug-likeness (QED) is 0.681. The van der Waals surface area contributed by atoms with Crippen molar-refractivity contribution in [2.24, 2.45) is 0 Å². The number of aliphatic hydroxyl groups excluding tert-OH is 1. The number of aliphatic hydroxyl groups is 1. The minimum atomic E-state index is -1.27. The Hall–Kier alpha value is -1.87. The number of hydrogen-bond donors (Lipinski definition) is 2. The standard InChI is InChI=1S/C18H29FN4O4/c1-17(2,3)16-22-21-15(27-16)14(26)12-8-11(19)9-23(12)13(25)6-7-20-18(4,5)10-24/h11-12,20,24H,6-10H2,1-5H3/t11-,12?/m0/s1. The Balaban J connectivity index is 2.05. The lowest BCUT2D eigenvalue weighted by molar-refractivity contribution is -0.131. The maximum absolute atomic E-state index is 14.0. The van der Waals surface area contributed by atoms with Gasteiger partial charge >= 0.3 is 0 Å². The normalized spacial score (nSPS) is 20.9. The molecule has 2 rings (SSSR count). The average Bonchev–Trinajstić information content (AvgIpc) is 3.20. The van der Waals surface area contributed by atoms with Crippen molar-refractivity contribution in [1.82, 2.24) is 20.4 Å². The van der Waals surface area contributed by atoms with E-state index in [0.29, 0.717) is 12.4 Å². The van der Waals surface area contributed by atoms with E-state index >= 15 is 0 Å². The second-order valence-electron chi connectivity index (χ2n) is 8.64. The van der Waals surface area contributed by atoms with Crippen LogP contribution in [0.3, 0.4) is 0 Å². The molecule has 2 atom stereocenters. The van der Waals surface area contributed by atoms with Gasteiger partial charge in [-0.05, 0) is 13.8 Å². The lowest BCUT2D eigenvalue weighted by atomic mass is 9.97. The first-order valence-electron chi connectivity index (χ1n) is 9.12. The van der Waals surface area contributed by atoms with Crippen LogP contribution >= 0.6 is 0 Å². The molecule has 1 saturated heterocycles. The molecular formula is C18H29FN4O4. The van der Waals surface area contributed by atoms with Crippen LogP contribution in [0, 0.1) is 0 Å². The highest BCUT2D eigenvalue weighted by Crippen LogP contribution is 2.26. The largest absolute Gasteiger partial charge is 0.418 e. The van der Waals surface area contributed by atoms with E-state index in [1.807, 2.05) is 20.8 Å². The van der Waals surface area contributed by atoms with Gasteiger partial charge in [0, 0.05) is 30.3 Å². The van der Waals surface area contributed by atoms with Crippen molar-refractivity contribution < 1.29 is 23.5 Å². The first-order valence-corrected chi connectivity index (χ1v) is 9.12. The minimum Gasteiger partial charge on any atom is -0.418 e. The predicted octanol–water partition coefficient (Wildman–Crippen LogP) is 1.24. The maximum Gasteiger partial charge on any atom is 0.286 e. The molecule has 0 saturated carbocycles. The van der Waals surface area contributed by atoms with Gasteiger partial charge in [0.1, 0.15) is 12.2 Å². The van der Waals surface area contributed by atoms with Gasteiger partial charge in [-0.25, -0.2) is 4.39 Å². The van der Waals surface area contributed by atoms with Gasteiger partial charge in [0.2, 0.25) is 17.6 Å². The molecule has 1 aromatic rings. The Morgan fingerprint density at radius 2 is 1.96 bits per heavy atom. The molecule has 1 aromatic heterocycles. The second-order valence-corrected chi connectivity index (χ2v) is 8.64. The molecule has 1 unspecified atom stereocenters. The maximum atomic E-state index is 14.0. The highest BCUT2D eigenvalue weighted by atomic mass is 19.1. The number of nitrogens with one attached hydrogen (secondary N) is 1. The van der Waals surface area contributed by atoms with Gasteiger partial charge in [-0.1, -0.05) is 20.8 Å². The van der Waals surface area contributed by atoms with E-state index in [2.05, 4.69) is 15.5 Å². The van der Waals surface area contributed by atoms with Crippen LogP contribution in [0.4, 0.5) is 4.39 Å². The summed E-state index contributed by atoms with van der Waals surface area (Å²) in [4.78, 5) is 26.5. The highest BCUT2D eigenvalue weighted by Gasteiger charge is 2.42. The lowest BCUT2D eigenvalue weighted by Crippen LogP contribution is -2.46.